The second kappa shape index (κ2) is 8.99. The van der Waals surface area contributed by atoms with E-state index in [0.717, 1.165) is 6.07 Å². The summed E-state index contributed by atoms with van der Waals surface area (Å²) in [5, 5.41) is 2.56. The number of carbonyl (C=O) groups excluding carboxylic acids is 1. The molecule has 7 nitrogen and oxygen atoms in total. The first kappa shape index (κ1) is 19.4. The van der Waals surface area contributed by atoms with Crippen molar-refractivity contribution in [3.05, 3.63) is 47.4 Å². The van der Waals surface area contributed by atoms with Crippen LogP contribution in [0.15, 0.2) is 33.9 Å². The van der Waals surface area contributed by atoms with Crippen LogP contribution in [0.4, 0.5) is 18.9 Å². The molecule has 0 radical (unpaired) electrons. The molecule has 0 unspecified atom stereocenters. The van der Waals surface area contributed by atoms with Gasteiger partial charge in [-0.25, -0.2) is 18.2 Å². The molecule has 0 aliphatic heterocycles. The molecule has 2 aromatic rings. The van der Waals surface area contributed by atoms with E-state index >= 15 is 0 Å². The summed E-state index contributed by atoms with van der Waals surface area (Å²) in [7, 11) is 0. The maximum atomic E-state index is 13.9. The highest BCUT2D eigenvalue weighted by molar-refractivity contribution is 6.02. The van der Waals surface area contributed by atoms with Crippen molar-refractivity contribution >= 4 is 17.4 Å². The zero-order valence-corrected chi connectivity index (χ0v) is 13.8. The van der Waals surface area contributed by atoms with Gasteiger partial charge in [-0.2, -0.15) is 0 Å². The van der Waals surface area contributed by atoms with Crippen LogP contribution >= 0.6 is 0 Å². The number of alkyl halides is 2. The van der Waals surface area contributed by atoms with Crippen LogP contribution in [0.1, 0.15) is 21.9 Å². The van der Waals surface area contributed by atoms with Crippen molar-refractivity contribution in [3.63, 3.8) is 0 Å². The lowest BCUT2D eigenvalue weighted by Crippen LogP contribution is -2.21. The van der Waals surface area contributed by atoms with Crippen molar-refractivity contribution < 1.29 is 27.1 Å². The Morgan fingerprint density at radius 1 is 1.46 bits per heavy atom. The molecule has 1 aromatic heterocycles. The summed E-state index contributed by atoms with van der Waals surface area (Å²) in [5.41, 5.74) is 6.11. The first-order chi connectivity index (χ1) is 12.3. The van der Waals surface area contributed by atoms with E-state index in [1.807, 2.05) is 0 Å². The molecular weight excluding hydrogens is 353 g/mol. The van der Waals surface area contributed by atoms with Crippen molar-refractivity contribution in [2.45, 2.75) is 19.9 Å². The third-order valence-corrected chi connectivity index (χ3v) is 3.10. The van der Waals surface area contributed by atoms with E-state index < -0.39 is 24.8 Å². The number of halogens is 3. The Hall–Kier alpha value is -2.88. The fraction of sp³-hybridized carbons (Fsp3) is 0.312. The molecule has 0 atom stereocenters. The van der Waals surface area contributed by atoms with Crippen LogP contribution in [0.25, 0.3) is 0 Å². The Balaban J connectivity index is 1.99. The molecule has 0 saturated heterocycles. The summed E-state index contributed by atoms with van der Waals surface area (Å²) in [5.74, 6) is -0.764. The van der Waals surface area contributed by atoms with Crippen LogP contribution in [0.3, 0.4) is 0 Å². The van der Waals surface area contributed by atoms with Crippen LogP contribution < -0.4 is 11.1 Å². The molecule has 140 valence electrons. The number of benzene rings is 1. The van der Waals surface area contributed by atoms with Gasteiger partial charge in [0.1, 0.15) is 31.1 Å². The zero-order chi connectivity index (χ0) is 19.1. The van der Waals surface area contributed by atoms with E-state index in [9.17, 15) is 18.0 Å². The molecule has 0 saturated carbocycles. The first-order valence-corrected chi connectivity index (χ1v) is 7.51. The largest absolute Gasteiger partial charge is 0.448 e. The van der Waals surface area contributed by atoms with Gasteiger partial charge >= 0.3 is 0 Å². The van der Waals surface area contributed by atoms with Gasteiger partial charge in [0.25, 0.3) is 12.3 Å². The number of oxazole rings is 1. The Morgan fingerprint density at radius 3 is 2.88 bits per heavy atom. The molecule has 26 heavy (non-hydrogen) atoms. The van der Waals surface area contributed by atoms with Crippen molar-refractivity contribution in [2.75, 3.05) is 18.5 Å². The molecule has 0 aliphatic carbocycles. The maximum Gasteiger partial charge on any atom is 0.277 e. The summed E-state index contributed by atoms with van der Waals surface area (Å²) in [4.78, 5) is 19.8. The predicted octanol–water partition coefficient (Wildman–Crippen LogP) is 2.51. The average molecular weight is 370 g/mol. The lowest BCUT2D eigenvalue weighted by molar-refractivity contribution is 0.0321. The molecule has 1 amide bonds. The number of aliphatic imine (C=N–C) groups is 1. The van der Waals surface area contributed by atoms with Gasteiger partial charge in [-0.3, -0.25) is 9.79 Å². The first-order valence-electron chi connectivity index (χ1n) is 7.51. The highest BCUT2D eigenvalue weighted by atomic mass is 19.3. The minimum Gasteiger partial charge on any atom is -0.448 e. The standard InChI is InChI=1S/C16H17F3N4O3/c1-9-22-13(6-26-9)16(24)23-11-2-3-12(17)10(4-11)5-21-15(20)8-25-7-14(18)19/h2-4,6,14H,5,7-8H2,1H3,(H2,20,21)(H,23,24). The number of nitrogens with zero attached hydrogens (tertiary/aromatic N) is 2. The number of amides is 1. The van der Waals surface area contributed by atoms with Crippen LogP contribution in [0.2, 0.25) is 0 Å². The summed E-state index contributed by atoms with van der Waals surface area (Å²) in [6.07, 6.45) is -1.39. The highest BCUT2D eigenvalue weighted by Crippen LogP contribution is 2.17. The molecule has 0 aliphatic rings. The van der Waals surface area contributed by atoms with Gasteiger partial charge in [0.2, 0.25) is 0 Å². The van der Waals surface area contributed by atoms with E-state index in [-0.39, 0.29) is 30.2 Å². The molecule has 3 N–H and O–H groups in total. The second-order valence-electron chi connectivity index (χ2n) is 5.23. The van der Waals surface area contributed by atoms with E-state index in [1.165, 1.54) is 18.4 Å². The molecule has 0 fully saturated rings. The van der Waals surface area contributed by atoms with Crippen molar-refractivity contribution in [2.24, 2.45) is 10.7 Å². The lowest BCUT2D eigenvalue weighted by atomic mass is 10.2. The summed E-state index contributed by atoms with van der Waals surface area (Å²) in [6, 6.07) is 3.93. The van der Waals surface area contributed by atoms with Crippen LogP contribution in [0.5, 0.6) is 0 Å². The zero-order valence-electron chi connectivity index (χ0n) is 13.8. The Bertz CT molecular complexity index is 793. The fourth-order valence-electron chi connectivity index (χ4n) is 1.92. The number of amidine groups is 1. The van der Waals surface area contributed by atoms with Gasteiger partial charge in [-0.15, -0.1) is 0 Å². The molecule has 1 aromatic carbocycles. The number of aromatic nitrogens is 1. The van der Waals surface area contributed by atoms with Crippen molar-refractivity contribution in [3.8, 4) is 0 Å². The van der Waals surface area contributed by atoms with E-state index in [2.05, 4.69) is 20.0 Å². The Labute approximate surface area is 147 Å². The summed E-state index contributed by atoms with van der Waals surface area (Å²) >= 11 is 0. The second-order valence-corrected chi connectivity index (χ2v) is 5.23. The lowest BCUT2D eigenvalue weighted by Gasteiger charge is -2.07. The average Bonchev–Trinajstić information content (AvgIpc) is 3.01. The van der Waals surface area contributed by atoms with E-state index in [1.54, 1.807) is 6.92 Å². The highest BCUT2D eigenvalue weighted by Gasteiger charge is 2.12. The predicted molar refractivity (Wildman–Crippen MR) is 87.7 cm³/mol. The van der Waals surface area contributed by atoms with Crippen molar-refractivity contribution in [1.29, 1.82) is 0 Å². The molecule has 0 spiro atoms. The summed E-state index contributed by atoms with van der Waals surface area (Å²) in [6.45, 7) is 0.421. The van der Waals surface area contributed by atoms with Crippen LogP contribution in [-0.4, -0.2) is 36.4 Å². The van der Waals surface area contributed by atoms with Gasteiger partial charge in [0, 0.05) is 18.2 Å². The summed E-state index contributed by atoms with van der Waals surface area (Å²) < 4.78 is 47.4. The third-order valence-electron chi connectivity index (χ3n) is 3.10. The van der Waals surface area contributed by atoms with E-state index in [0.29, 0.717) is 11.6 Å². The number of nitrogens with two attached hydrogens (primary N) is 1. The number of nitrogens with one attached hydrogen (secondary N) is 1. The molecule has 2 rings (SSSR count). The molecule has 0 bridgehead atoms. The van der Waals surface area contributed by atoms with Crippen molar-refractivity contribution in [1.82, 2.24) is 4.98 Å². The Kier molecular flexibility index (Phi) is 6.73. The van der Waals surface area contributed by atoms with Gasteiger partial charge < -0.3 is 20.2 Å². The quantitative estimate of drug-likeness (QED) is 0.549. The van der Waals surface area contributed by atoms with Gasteiger partial charge in [0.05, 0.1) is 6.54 Å². The van der Waals surface area contributed by atoms with Gasteiger partial charge in [-0.1, -0.05) is 0 Å². The Morgan fingerprint density at radius 2 is 2.23 bits per heavy atom. The number of hydrogen-bond acceptors (Lipinski definition) is 5. The van der Waals surface area contributed by atoms with Crippen LogP contribution in [0, 0.1) is 12.7 Å². The van der Waals surface area contributed by atoms with Gasteiger partial charge in [-0.05, 0) is 18.2 Å². The smallest absolute Gasteiger partial charge is 0.277 e. The minimum absolute atomic E-state index is 0.0439. The maximum absolute atomic E-state index is 13.9. The molecule has 10 heteroatoms. The topological polar surface area (TPSA) is 103 Å². The van der Waals surface area contributed by atoms with E-state index in [4.69, 9.17) is 10.2 Å². The third kappa shape index (κ3) is 5.88. The number of carbonyl (C=O) groups is 1. The van der Waals surface area contributed by atoms with Gasteiger partial charge in [0.15, 0.2) is 11.6 Å². The monoisotopic (exact) mass is 370 g/mol. The SMILES string of the molecule is Cc1nc(C(=O)Nc2ccc(F)c(C/N=C(/N)COCC(F)F)c2)co1. The number of anilines is 1. The number of ether oxygens (including phenoxy) is 1. The molecular formula is C16H17F3N4O3. The van der Waals surface area contributed by atoms with Crippen LogP contribution in [-0.2, 0) is 11.3 Å². The number of aryl methyl sites for hydroxylation is 1. The normalized spacial score (nSPS) is 11.8. The number of rotatable bonds is 8. The molecule has 1 heterocycles. The minimum atomic E-state index is -2.60. The fourth-order valence-corrected chi connectivity index (χ4v) is 1.92. The number of hydrogen-bond donors (Lipinski definition) is 2.